The third-order valence-electron chi connectivity index (χ3n) is 1.96. The highest BCUT2D eigenvalue weighted by atomic mass is 19.1. The average Bonchev–Trinajstić information content (AvgIpc) is 2.33. The molecule has 1 aromatic rings. The predicted molar refractivity (Wildman–Crippen MR) is 61.9 cm³/mol. The highest BCUT2D eigenvalue weighted by molar-refractivity contribution is 6.45. The van der Waals surface area contributed by atoms with Crippen molar-refractivity contribution >= 4 is 23.2 Å². The first kappa shape index (κ1) is 14.0. The molecule has 0 unspecified atom stereocenters. The van der Waals surface area contributed by atoms with E-state index in [1.807, 2.05) is 5.43 Å². The van der Waals surface area contributed by atoms with Gasteiger partial charge in [-0.1, -0.05) is 0 Å². The second-order valence-corrected chi connectivity index (χ2v) is 3.18. The van der Waals surface area contributed by atoms with Crippen LogP contribution in [0.4, 0.5) is 14.5 Å². The van der Waals surface area contributed by atoms with E-state index in [-0.39, 0.29) is 0 Å². The molecule has 0 radical (unpaired) electrons. The molecule has 19 heavy (non-hydrogen) atoms. The lowest BCUT2D eigenvalue weighted by Crippen LogP contribution is -2.22. The van der Waals surface area contributed by atoms with E-state index >= 15 is 0 Å². The van der Waals surface area contributed by atoms with Crippen molar-refractivity contribution in [2.75, 3.05) is 5.43 Å². The Morgan fingerprint density at radius 2 is 2.05 bits per heavy atom. The van der Waals surface area contributed by atoms with Crippen LogP contribution >= 0.6 is 0 Å². The molecule has 5 N–H and O–H groups in total. The predicted octanol–water partition coefficient (Wildman–Crippen LogP) is 0.890. The van der Waals surface area contributed by atoms with Gasteiger partial charge in [-0.25, -0.2) is 13.6 Å². The SMILES string of the molecule is N#C/C(=N\Nc1c(F)ccc(F)c1C(=O)O)C(=N)N. The molecule has 0 fully saturated rings. The molecule has 0 bridgehead atoms. The number of hydrogen-bond donors (Lipinski definition) is 4. The van der Waals surface area contributed by atoms with E-state index in [0.717, 1.165) is 0 Å². The zero-order valence-electron chi connectivity index (χ0n) is 9.24. The summed E-state index contributed by atoms with van der Waals surface area (Å²) in [5, 5.41) is 27.5. The molecule has 0 aliphatic heterocycles. The number of hydrazone groups is 1. The van der Waals surface area contributed by atoms with Crippen molar-refractivity contribution in [1.82, 2.24) is 0 Å². The Balaban J connectivity index is 3.29. The van der Waals surface area contributed by atoms with Gasteiger partial charge in [0.2, 0.25) is 5.71 Å². The van der Waals surface area contributed by atoms with Gasteiger partial charge in [-0.15, -0.1) is 0 Å². The van der Waals surface area contributed by atoms with Gasteiger partial charge in [0.25, 0.3) is 0 Å². The normalized spacial score (nSPS) is 10.7. The van der Waals surface area contributed by atoms with E-state index in [1.165, 1.54) is 6.07 Å². The summed E-state index contributed by atoms with van der Waals surface area (Å²) in [5.74, 6) is -4.67. The number of carboxylic acid groups (broad SMARTS) is 1. The second-order valence-electron chi connectivity index (χ2n) is 3.18. The van der Waals surface area contributed by atoms with Crippen molar-refractivity contribution in [2.24, 2.45) is 10.8 Å². The lowest BCUT2D eigenvalue weighted by Gasteiger charge is -2.07. The summed E-state index contributed by atoms with van der Waals surface area (Å²) in [4.78, 5) is 10.8. The minimum Gasteiger partial charge on any atom is -0.478 e. The number of halogens is 2. The molecule has 0 atom stereocenters. The van der Waals surface area contributed by atoms with E-state index < -0.39 is 40.4 Å². The summed E-state index contributed by atoms with van der Waals surface area (Å²) < 4.78 is 26.7. The van der Waals surface area contributed by atoms with Gasteiger partial charge in [0, 0.05) is 0 Å². The number of aromatic carboxylic acids is 1. The lowest BCUT2D eigenvalue weighted by molar-refractivity contribution is 0.0692. The molecule has 0 amide bonds. The molecular weight excluding hydrogens is 260 g/mol. The molecule has 0 saturated heterocycles. The van der Waals surface area contributed by atoms with Gasteiger partial charge >= 0.3 is 5.97 Å². The Morgan fingerprint density at radius 1 is 1.47 bits per heavy atom. The van der Waals surface area contributed by atoms with E-state index in [4.69, 9.17) is 21.5 Å². The van der Waals surface area contributed by atoms with Gasteiger partial charge in [-0.05, 0) is 12.1 Å². The zero-order valence-corrected chi connectivity index (χ0v) is 9.24. The Morgan fingerprint density at radius 3 is 2.53 bits per heavy atom. The number of carbonyl (C=O) groups is 1. The maximum atomic E-state index is 13.4. The number of nitriles is 1. The zero-order chi connectivity index (χ0) is 14.6. The average molecular weight is 267 g/mol. The van der Waals surface area contributed by atoms with Crippen molar-refractivity contribution in [3.05, 3.63) is 29.3 Å². The number of carboxylic acids is 1. The van der Waals surface area contributed by atoms with E-state index in [0.29, 0.717) is 12.1 Å². The van der Waals surface area contributed by atoms with Crippen LogP contribution in [0.2, 0.25) is 0 Å². The standard InChI is InChI=1S/C10H7F2N5O2/c11-4-1-2-5(12)8(7(4)10(18)19)17-16-6(3-13)9(14)15/h1-2,17H,(H3,14,15)(H,18,19)/b16-6+. The van der Waals surface area contributed by atoms with Crippen LogP contribution in [0.3, 0.4) is 0 Å². The smallest absolute Gasteiger partial charge is 0.341 e. The van der Waals surface area contributed by atoms with Gasteiger partial charge in [0.15, 0.2) is 5.84 Å². The molecule has 7 nitrogen and oxygen atoms in total. The summed E-state index contributed by atoms with van der Waals surface area (Å²) in [6.07, 6.45) is 0. The summed E-state index contributed by atoms with van der Waals surface area (Å²) >= 11 is 0. The molecule has 0 saturated carbocycles. The van der Waals surface area contributed by atoms with Crippen molar-refractivity contribution < 1.29 is 18.7 Å². The first-order valence-corrected chi connectivity index (χ1v) is 4.68. The van der Waals surface area contributed by atoms with Crippen LogP contribution in [0.25, 0.3) is 0 Å². The molecule has 0 spiro atoms. The number of rotatable bonds is 4. The highest BCUT2D eigenvalue weighted by Gasteiger charge is 2.20. The van der Waals surface area contributed by atoms with Crippen LogP contribution in [0.1, 0.15) is 10.4 Å². The van der Waals surface area contributed by atoms with E-state index in [1.54, 1.807) is 0 Å². The fourth-order valence-electron chi connectivity index (χ4n) is 1.13. The number of amidine groups is 1. The van der Waals surface area contributed by atoms with Crippen molar-refractivity contribution in [3.63, 3.8) is 0 Å². The lowest BCUT2D eigenvalue weighted by atomic mass is 10.1. The van der Waals surface area contributed by atoms with Crippen LogP contribution in [-0.4, -0.2) is 22.6 Å². The van der Waals surface area contributed by atoms with Crippen LogP contribution in [0, 0.1) is 28.4 Å². The third-order valence-corrected chi connectivity index (χ3v) is 1.96. The summed E-state index contributed by atoms with van der Waals surface area (Å²) in [6.45, 7) is 0. The van der Waals surface area contributed by atoms with Crippen LogP contribution in [0.15, 0.2) is 17.2 Å². The van der Waals surface area contributed by atoms with Crippen LogP contribution < -0.4 is 11.2 Å². The minimum atomic E-state index is -1.71. The maximum absolute atomic E-state index is 13.4. The quantitative estimate of drug-likeness (QED) is 0.365. The summed E-state index contributed by atoms with van der Waals surface area (Å²) in [5.41, 5.74) is 4.54. The molecule has 9 heteroatoms. The fraction of sp³-hybridized carbons (Fsp3) is 0. The van der Waals surface area contributed by atoms with E-state index in [9.17, 15) is 13.6 Å². The number of nitrogens with one attached hydrogen (secondary N) is 2. The molecule has 0 aliphatic rings. The van der Waals surface area contributed by atoms with Gasteiger partial charge in [0.05, 0.1) is 0 Å². The first-order valence-electron chi connectivity index (χ1n) is 4.68. The Kier molecular flexibility index (Phi) is 4.10. The molecule has 1 rings (SSSR count). The van der Waals surface area contributed by atoms with Crippen molar-refractivity contribution in [3.8, 4) is 6.07 Å². The van der Waals surface area contributed by atoms with Gasteiger partial charge in [0.1, 0.15) is 29.0 Å². The number of benzene rings is 1. The van der Waals surface area contributed by atoms with Crippen molar-refractivity contribution in [1.29, 1.82) is 10.7 Å². The topological polar surface area (TPSA) is 135 Å². The maximum Gasteiger partial charge on any atom is 0.341 e. The molecule has 0 aromatic heterocycles. The number of nitrogens with two attached hydrogens (primary N) is 1. The minimum absolute atomic E-state index is 0.597. The summed E-state index contributed by atoms with van der Waals surface area (Å²) in [6, 6.07) is 2.77. The van der Waals surface area contributed by atoms with Gasteiger partial charge in [-0.3, -0.25) is 10.8 Å². The van der Waals surface area contributed by atoms with Gasteiger partial charge < -0.3 is 10.8 Å². The van der Waals surface area contributed by atoms with Crippen molar-refractivity contribution in [2.45, 2.75) is 0 Å². The number of anilines is 1. The molecular formula is C10H7F2N5O2. The Bertz CT molecular complexity index is 621. The van der Waals surface area contributed by atoms with Crippen LogP contribution in [0.5, 0.6) is 0 Å². The van der Waals surface area contributed by atoms with E-state index in [2.05, 4.69) is 5.10 Å². The van der Waals surface area contributed by atoms with Crippen LogP contribution in [-0.2, 0) is 0 Å². The first-order chi connectivity index (χ1) is 8.88. The molecule has 0 heterocycles. The highest BCUT2D eigenvalue weighted by Crippen LogP contribution is 2.23. The number of hydrogen-bond acceptors (Lipinski definition) is 5. The largest absolute Gasteiger partial charge is 0.478 e. The second kappa shape index (κ2) is 5.54. The summed E-state index contributed by atoms with van der Waals surface area (Å²) in [7, 11) is 0. The molecule has 0 aliphatic carbocycles. The number of nitrogens with zero attached hydrogens (tertiary/aromatic N) is 2. The molecule has 98 valence electrons. The Labute approximate surface area is 105 Å². The van der Waals surface area contributed by atoms with Gasteiger partial charge in [-0.2, -0.15) is 10.4 Å². The fourth-order valence-corrected chi connectivity index (χ4v) is 1.13. The monoisotopic (exact) mass is 267 g/mol. The third kappa shape index (κ3) is 3.01. The molecule has 1 aromatic carbocycles. The Hall–Kier alpha value is -3.02.